The number of halogens is 7. The van der Waals surface area contributed by atoms with E-state index in [2.05, 4.69) is 0 Å². The molecule has 0 aliphatic carbocycles. The lowest BCUT2D eigenvalue weighted by atomic mass is 10.3. The molecule has 0 fully saturated rings. The van der Waals surface area contributed by atoms with E-state index in [0.29, 0.717) is 10.6 Å². The van der Waals surface area contributed by atoms with Gasteiger partial charge in [0.1, 0.15) is 10.6 Å². The Bertz CT molecular complexity index is 509. The summed E-state index contributed by atoms with van der Waals surface area (Å²) in [5.74, 6) is -4.17. The zero-order valence-corrected chi connectivity index (χ0v) is 12.0. The molecule has 0 atom stereocenters. The predicted molar refractivity (Wildman–Crippen MR) is 76.7 cm³/mol. The van der Waals surface area contributed by atoms with Gasteiger partial charge in [0, 0.05) is 0 Å². The van der Waals surface area contributed by atoms with E-state index in [1.165, 1.54) is 0 Å². The van der Waals surface area contributed by atoms with Crippen LogP contribution in [0.15, 0.2) is 60.7 Å². The Kier molecular flexibility index (Phi) is 6.41. The summed E-state index contributed by atoms with van der Waals surface area (Å²) in [5.41, 5.74) is 0. The minimum atomic E-state index is -6.00. The van der Waals surface area contributed by atoms with Crippen LogP contribution in [0.1, 0.15) is 0 Å². The van der Waals surface area contributed by atoms with Gasteiger partial charge < -0.3 is 17.3 Å². The highest BCUT2D eigenvalue weighted by Gasteiger charge is 2.50. The van der Waals surface area contributed by atoms with Crippen molar-refractivity contribution in [1.82, 2.24) is 0 Å². The number of rotatable bonds is 2. The van der Waals surface area contributed by atoms with E-state index in [1.807, 2.05) is 0 Å². The summed E-state index contributed by atoms with van der Waals surface area (Å²) >= 11 is 0. The first-order valence-electron chi connectivity index (χ1n) is 6.01. The fraction of sp³-hybridized carbons (Fsp3) is 0.0769. The van der Waals surface area contributed by atoms with Crippen LogP contribution in [-0.2, 0) is 0 Å². The van der Waals surface area contributed by atoms with Crippen molar-refractivity contribution < 1.29 is 30.4 Å². The van der Waals surface area contributed by atoms with Crippen molar-refractivity contribution >= 4 is 25.8 Å². The van der Waals surface area contributed by atoms with Crippen LogP contribution in [0, 0.1) is 0 Å². The van der Waals surface area contributed by atoms with Gasteiger partial charge in [-0.2, -0.15) is 0 Å². The Morgan fingerprint density at radius 1 is 0.636 bits per heavy atom. The molecule has 2 aromatic rings. The summed E-state index contributed by atoms with van der Waals surface area (Å²) in [4.78, 5) is 0. The lowest BCUT2D eigenvalue weighted by Gasteiger charge is -2.12. The molecule has 0 N–H and O–H groups in total. The molecule has 0 aromatic heterocycles. The Balaban J connectivity index is 0.000000422. The SMILES string of the molecule is FC(F)(F)[PH+](c1ccccc1)c1ccccc1.F[B-](F)(F)F. The maximum atomic E-state index is 13.1. The van der Waals surface area contributed by atoms with Crippen LogP contribution in [0.5, 0.6) is 0 Å². The summed E-state index contributed by atoms with van der Waals surface area (Å²) in [5, 5.41) is 0.743. The van der Waals surface area contributed by atoms with Crippen LogP contribution in [-0.4, -0.2) is 13.2 Å². The number of hydrogen-bond donors (Lipinski definition) is 0. The second kappa shape index (κ2) is 7.63. The van der Waals surface area contributed by atoms with Crippen LogP contribution in [0.2, 0.25) is 0 Å². The van der Waals surface area contributed by atoms with Gasteiger partial charge in [0.2, 0.25) is 0 Å². The molecule has 9 heteroatoms. The van der Waals surface area contributed by atoms with Gasteiger partial charge in [-0.1, -0.05) is 36.4 Å². The number of benzene rings is 2. The molecule has 0 aliphatic heterocycles. The molecule has 120 valence electrons. The monoisotopic (exact) mass is 342 g/mol. The number of hydrogen-bond acceptors (Lipinski definition) is 0. The highest BCUT2D eigenvalue weighted by Crippen LogP contribution is 2.51. The van der Waals surface area contributed by atoms with E-state index in [1.54, 1.807) is 60.7 Å². The minimum absolute atomic E-state index is 0.371. The molecule has 2 aromatic carbocycles. The van der Waals surface area contributed by atoms with Gasteiger partial charge in [0.05, 0.1) is 0 Å². The predicted octanol–water partition coefficient (Wildman–Crippen LogP) is 4.67. The van der Waals surface area contributed by atoms with Gasteiger partial charge >= 0.3 is 13.2 Å². The van der Waals surface area contributed by atoms with Crippen molar-refractivity contribution in [2.24, 2.45) is 0 Å². The highest BCUT2D eigenvalue weighted by atomic mass is 31.1. The lowest BCUT2D eigenvalue weighted by Crippen LogP contribution is -2.22. The second-order valence-electron chi connectivity index (χ2n) is 4.10. The average molecular weight is 342 g/mol. The van der Waals surface area contributed by atoms with Crippen molar-refractivity contribution in [2.45, 2.75) is 5.92 Å². The van der Waals surface area contributed by atoms with Gasteiger partial charge in [0.15, 0.2) is 7.92 Å². The van der Waals surface area contributed by atoms with Crippen LogP contribution < -0.4 is 10.6 Å². The molecule has 0 spiro atoms. The fourth-order valence-electron chi connectivity index (χ4n) is 1.70. The average Bonchev–Trinajstić information content (AvgIpc) is 2.38. The van der Waals surface area contributed by atoms with Crippen molar-refractivity contribution in [3.63, 3.8) is 0 Å². The first-order valence-corrected chi connectivity index (χ1v) is 7.51. The molecule has 0 heterocycles. The van der Waals surface area contributed by atoms with Crippen molar-refractivity contribution in [2.75, 3.05) is 0 Å². The maximum Gasteiger partial charge on any atom is 0.673 e. The largest absolute Gasteiger partial charge is 0.673 e. The van der Waals surface area contributed by atoms with E-state index in [4.69, 9.17) is 0 Å². The third-order valence-electron chi connectivity index (χ3n) is 2.41. The Morgan fingerprint density at radius 3 is 1.14 bits per heavy atom. The standard InChI is InChI=1S/C13H10F3P.BF4/c14-13(15,16)17(11-7-3-1-4-8-11)12-9-5-2-6-10-12;2-1(3,4)5/h1-10H;/q;-1/p+1. The first kappa shape index (κ1) is 18.5. The summed E-state index contributed by atoms with van der Waals surface area (Å²) in [7, 11) is -8.72. The second-order valence-corrected chi connectivity index (χ2v) is 6.57. The molecule has 0 nitrogen and oxygen atoms in total. The topological polar surface area (TPSA) is 0 Å². The zero-order chi connectivity index (χ0) is 16.8. The smallest absolute Gasteiger partial charge is 0.418 e. The summed E-state index contributed by atoms with van der Waals surface area (Å²) < 4.78 is 78.4. The minimum Gasteiger partial charge on any atom is -0.418 e. The number of alkyl halides is 3. The molecule has 0 saturated heterocycles. The molecule has 0 bridgehead atoms. The van der Waals surface area contributed by atoms with Gasteiger partial charge in [-0.25, -0.2) is 0 Å². The molecule has 0 unspecified atom stereocenters. The van der Waals surface area contributed by atoms with Crippen molar-refractivity contribution in [3.05, 3.63) is 60.7 Å². The zero-order valence-electron chi connectivity index (χ0n) is 11.0. The first-order chi connectivity index (χ1) is 10.1. The maximum absolute atomic E-state index is 13.1. The quantitative estimate of drug-likeness (QED) is 0.423. The van der Waals surface area contributed by atoms with Gasteiger partial charge in [-0.05, 0) is 24.3 Å². The van der Waals surface area contributed by atoms with Gasteiger partial charge in [0.25, 0.3) is 0 Å². The Morgan fingerprint density at radius 2 is 0.909 bits per heavy atom. The van der Waals surface area contributed by atoms with Crippen LogP contribution in [0.25, 0.3) is 0 Å². The molecule has 0 saturated carbocycles. The normalized spacial score (nSPS) is 11.8. The highest BCUT2D eigenvalue weighted by molar-refractivity contribution is 7.73. The Hall–Kier alpha value is -1.56. The van der Waals surface area contributed by atoms with E-state index in [-0.39, 0.29) is 0 Å². The van der Waals surface area contributed by atoms with Crippen molar-refractivity contribution in [1.29, 1.82) is 0 Å². The molecular weight excluding hydrogens is 331 g/mol. The van der Waals surface area contributed by atoms with E-state index < -0.39 is 21.1 Å². The summed E-state index contributed by atoms with van der Waals surface area (Å²) in [6.45, 7) is 0. The molecular formula is C13H11BF7P. The van der Waals surface area contributed by atoms with Gasteiger partial charge in [-0.15, -0.1) is 13.2 Å². The van der Waals surface area contributed by atoms with Crippen LogP contribution in [0.4, 0.5) is 30.4 Å². The molecule has 0 radical (unpaired) electrons. The lowest BCUT2D eigenvalue weighted by molar-refractivity contribution is -0.0379. The molecule has 0 amide bonds. The van der Waals surface area contributed by atoms with E-state index >= 15 is 0 Å². The van der Waals surface area contributed by atoms with Crippen LogP contribution >= 0.6 is 7.92 Å². The van der Waals surface area contributed by atoms with E-state index in [9.17, 15) is 30.4 Å². The van der Waals surface area contributed by atoms with E-state index in [0.717, 1.165) is 0 Å². The van der Waals surface area contributed by atoms with Gasteiger partial charge in [-0.3, -0.25) is 0 Å². The van der Waals surface area contributed by atoms with Crippen molar-refractivity contribution in [3.8, 4) is 0 Å². The molecule has 2 rings (SSSR count). The Labute approximate surface area is 123 Å². The summed E-state index contributed by atoms with van der Waals surface area (Å²) in [6.07, 6.45) is 0. The molecule has 0 aliphatic rings. The molecule has 22 heavy (non-hydrogen) atoms. The third kappa shape index (κ3) is 6.94. The third-order valence-corrected chi connectivity index (χ3v) is 4.80. The fourth-order valence-corrected chi connectivity index (χ4v) is 3.74. The summed E-state index contributed by atoms with van der Waals surface area (Å²) in [6, 6.07) is 16.2. The van der Waals surface area contributed by atoms with Crippen LogP contribution in [0.3, 0.4) is 0 Å².